The molecule has 0 atom stereocenters. The van der Waals surface area contributed by atoms with Gasteiger partial charge in [0.15, 0.2) is 0 Å². The van der Waals surface area contributed by atoms with Gasteiger partial charge in [0.05, 0.1) is 6.54 Å². The van der Waals surface area contributed by atoms with Gasteiger partial charge in [0.1, 0.15) is 5.82 Å². The Labute approximate surface area is 97.6 Å². The summed E-state index contributed by atoms with van der Waals surface area (Å²) in [6.07, 6.45) is -2.47. The van der Waals surface area contributed by atoms with Crippen molar-refractivity contribution in [1.82, 2.24) is 4.90 Å². The van der Waals surface area contributed by atoms with Crippen LogP contribution in [0, 0.1) is 5.82 Å². The molecule has 0 saturated carbocycles. The van der Waals surface area contributed by atoms with E-state index in [0.29, 0.717) is 5.56 Å². The van der Waals surface area contributed by atoms with Crippen molar-refractivity contribution in [1.29, 1.82) is 0 Å². The first kappa shape index (κ1) is 14.0. The van der Waals surface area contributed by atoms with E-state index in [9.17, 15) is 13.2 Å². The van der Waals surface area contributed by atoms with Crippen molar-refractivity contribution >= 4 is 12.6 Å². The maximum atomic E-state index is 12.9. The van der Waals surface area contributed by atoms with Crippen molar-refractivity contribution in [2.45, 2.75) is 13.0 Å². The molecule has 0 bridgehead atoms. The third-order valence-corrected chi connectivity index (χ3v) is 2.28. The molecule has 1 aromatic rings. The number of hydrogen-bond donors (Lipinski definition) is 2. The van der Waals surface area contributed by atoms with Crippen LogP contribution >= 0.6 is 0 Å². The highest BCUT2D eigenvalue weighted by atomic mass is 19.3. The Morgan fingerprint density at radius 3 is 2.53 bits per heavy atom. The van der Waals surface area contributed by atoms with Crippen molar-refractivity contribution in [3.8, 4) is 0 Å². The summed E-state index contributed by atoms with van der Waals surface area (Å²) in [7, 11) is -0.344. The van der Waals surface area contributed by atoms with Crippen LogP contribution in [0.4, 0.5) is 13.2 Å². The first-order valence-corrected chi connectivity index (χ1v) is 5.01. The minimum absolute atomic E-state index is 0.00823. The number of halogens is 3. The van der Waals surface area contributed by atoms with Crippen molar-refractivity contribution < 1.29 is 23.2 Å². The Morgan fingerprint density at radius 2 is 2.00 bits per heavy atom. The highest BCUT2D eigenvalue weighted by molar-refractivity contribution is 6.59. The average molecular weight is 247 g/mol. The molecule has 17 heavy (non-hydrogen) atoms. The summed E-state index contributed by atoms with van der Waals surface area (Å²) in [4.78, 5) is 1.32. The Bertz CT molecular complexity index is 377. The summed E-state index contributed by atoms with van der Waals surface area (Å²) in [6, 6.07) is 3.49. The highest BCUT2D eigenvalue weighted by Gasteiger charge is 2.18. The predicted molar refractivity (Wildman–Crippen MR) is 58.6 cm³/mol. The highest BCUT2D eigenvalue weighted by Crippen LogP contribution is 2.06. The van der Waals surface area contributed by atoms with Crippen LogP contribution in [-0.4, -0.2) is 42.1 Å². The van der Waals surface area contributed by atoms with E-state index in [4.69, 9.17) is 10.0 Å². The minimum Gasteiger partial charge on any atom is -0.423 e. The van der Waals surface area contributed by atoms with Crippen LogP contribution in [0.2, 0.25) is 0 Å². The maximum Gasteiger partial charge on any atom is 0.488 e. The van der Waals surface area contributed by atoms with Gasteiger partial charge in [-0.15, -0.1) is 0 Å². The Kier molecular flexibility index (Phi) is 4.98. The first-order valence-electron chi connectivity index (χ1n) is 5.01. The van der Waals surface area contributed by atoms with Crippen molar-refractivity contribution in [2.24, 2.45) is 0 Å². The second-order valence-electron chi connectivity index (χ2n) is 3.80. The zero-order valence-corrected chi connectivity index (χ0v) is 9.28. The molecule has 0 radical (unpaired) electrons. The van der Waals surface area contributed by atoms with E-state index in [0.717, 1.165) is 12.1 Å². The van der Waals surface area contributed by atoms with Crippen LogP contribution in [0.3, 0.4) is 0 Å². The largest absolute Gasteiger partial charge is 0.488 e. The molecule has 7 heteroatoms. The van der Waals surface area contributed by atoms with Gasteiger partial charge in [-0.25, -0.2) is 13.2 Å². The summed E-state index contributed by atoms with van der Waals surface area (Å²) < 4.78 is 37.1. The lowest BCUT2D eigenvalue weighted by Gasteiger charge is -2.18. The smallest absolute Gasteiger partial charge is 0.423 e. The Morgan fingerprint density at radius 1 is 1.35 bits per heavy atom. The number of hydrogen-bond acceptors (Lipinski definition) is 3. The molecule has 0 spiro atoms. The van der Waals surface area contributed by atoms with Gasteiger partial charge < -0.3 is 10.0 Å². The van der Waals surface area contributed by atoms with E-state index < -0.39 is 25.9 Å². The van der Waals surface area contributed by atoms with E-state index in [-0.39, 0.29) is 12.0 Å². The molecule has 2 N–H and O–H groups in total. The summed E-state index contributed by atoms with van der Waals surface area (Å²) in [6.45, 7) is -0.337. The Hall–Kier alpha value is -1.05. The van der Waals surface area contributed by atoms with Crippen molar-refractivity contribution in [3.63, 3.8) is 0 Å². The quantitative estimate of drug-likeness (QED) is 0.730. The molecule has 0 fully saturated rings. The van der Waals surface area contributed by atoms with Crippen molar-refractivity contribution in [2.75, 3.05) is 13.6 Å². The van der Waals surface area contributed by atoms with Crippen LogP contribution in [0.1, 0.15) is 5.56 Å². The van der Waals surface area contributed by atoms with E-state index >= 15 is 0 Å². The molecule has 94 valence electrons. The van der Waals surface area contributed by atoms with E-state index in [1.807, 2.05) is 0 Å². The lowest BCUT2D eigenvalue weighted by Crippen LogP contribution is -2.36. The number of rotatable bonds is 5. The normalized spacial score (nSPS) is 11.3. The Balaban J connectivity index is 2.83. The van der Waals surface area contributed by atoms with Gasteiger partial charge in [0.2, 0.25) is 0 Å². The molecule has 0 heterocycles. The van der Waals surface area contributed by atoms with E-state index in [1.165, 1.54) is 18.0 Å². The molecule has 0 aliphatic heterocycles. The fraction of sp³-hybridized carbons (Fsp3) is 0.400. The first-order chi connectivity index (χ1) is 7.90. The van der Waals surface area contributed by atoms with Gasteiger partial charge in [-0.3, -0.25) is 4.90 Å². The standard InChI is InChI=1S/C10H13BF3NO2/c1-15(6-10(13)14)5-7-2-3-8(12)4-9(7)11(16)17/h2-4,10,16-17H,5-6H2,1H3. The molecule has 0 saturated heterocycles. The molecule has 0 aliphatic rings. The topological polar surface area (TPSA) is 43.7 Å². The second-order valence-corrected chi connectivity index (χ2v) is 3.80. The lowest BCUT2D eigenvalue weighted by atomic mass is 9.77. The number of alkyl halides is 2. The molecular formula is C10H13BF3NO2. The van der Waals surface area contributed by atoms with Crippen LogP contribution < -0.4 is 5.46 Å². The molecular weight excluding hydrogens is 234 g/mol. The van der Waals surface area contributed by atoms with Crippen LogP contribution in [0.5, 0.6) is 0 Å². The monoisotopic (exact) mass is 247 g/mol. The molecule has 3 nitrogen and oxygen atoms in total. The zero-order valence-electron chi connectivity index (χ0n) is 9.28. The molecule has 1 aromatic carbocycles. The second kappa shape index (κ2) is 6.04. The molecule has 0 aliphatic carbocycles. The van der Waals surface area contributed by atoms with E-state index in [1.54, 1.807) is 0 Å². The summed E-state index contributed by atoms with van der Waals surface area (Å²) in [5.41, 5.74) is 0.399. The lowest BCUT2D eigenvalue weighted by molar-refractivity contribution is 0.0976. The average Bonchev–Trinajstić information content (AvgIpc) is 2.19. The predicted octanol–water partition coefficient (Wildman–Crippen LogP) is 0.202. The van der Waals surface area contributed by atoms with Crippen molar-refractivity contribution in [3.05, 3.63) is 29.6 Å². The third-order valence-electron chi connectivity index (χ3n) is 2.28. The van der Waals surface area contributed by atoms with Gasteiger partial charge in [0.25, 0.3) is 6.43 Å². The summed E-state index contributed by atoms with van der Waals surface area (Å²) in [5.74, 6) is -0.603. The van der Waals surface area contributed by atoms with Gasteiger partial charge in [0, 0.05) is 6.54 Å². The minimum atomic E-state index is -2.47. The van der Waals surface area contributed by atoms with Gasteiger partial charge in [-0.2, -0.15) is 0 Å². The number of nitrogens with zero attached hydrogens (tertiary/aromatic N) is 1. The van der Waals surface area contributed by atoms with E-state index in [2.05, 4.69) is 0 Å². The fourth-order valence-electron chi connectivity index (χ4n) is 1.54. The molecule has 1 rings (SSSR count). The zero-order chi connectivity index (χ0) is 13.0. The maximum absolute atomic E-state index is 12.9. The SMILES string of the molecule is CN(Cc1ccc(F)cc1B(O)O)CC(F)F. The van der Waals surface area contributed by atoms with Gasteiger partial charge in [-0.1, -0.05) is 6.07 Å². The summed E-state index contributed by atoms with van der Waals surface area (Å²) in [5, 5.41) is 18.1. The van der Waals surface area contributed by atoms with Gasteiger partial charge >= 0.3 is 7.12 Å². The van der Waals surface area contributed by atoms with Crippen LogP contribution in [0.15, 0.2) is 18.2 Å². The van der Waals surface area contributed by atoms with Crippen LogP contribution in [0.25, 0.3) is 0 Å². The molecule has 0 amide bonds. The van der Waals surface area contributed by atoms with Gasteiger partial charge in [-0.05, 0) is 30.2 Å². The van der Waals surface area contributed by atoms with Crippen LogP contribution in [-0.2, 0) is 6.54 Å². The molecule has 0 aromatic heterocycles. The molecule has 0 unspecified atom stereocenters. The fourth-order valence-corrected chi connectivity index (χ4v) is 1.54. The number of benzene rings is 1. The third kappa shape index (κ3) is 4.37. The summed E-state index contributed by atoms with van der Waals surface area (Å²) >= 11 is 0.